The third kappa shape index (κ3) is 4.52. The molecular weight excluding hydrogens is 450 g/mol. The van der Waals surface area contributed by atoms with Crippen LogP contribution in [0.1, 0.15) is 92.2 Å². The number of rotatable bonds is 5. The average Bonchev–Trinajstić information content (AvgIpc) is 3.22. The predicted molar refractivity (Wildman–Crippen MR) is 146 cm³/mol. The van der Waals surface area contributed by atoms with Crippen molar-refractivity contribution in [1.29, 1.82) is 0 Å². The molecule has 0 aromatic carbocycles. The standard InChI is InChI=1S/C29H47N5O2/c1-20(11-15-28(6)21(2)12-16-29(36)23(28)10-9-14-27(29,4)5)13-17-34-18-30-25-24(34)26(31-22(3)35)33(8)19-32(25)7/h13,18,21,23,36H,9-12,14-17,19H2,1-8H3/b20-13+,31-26?/t21-,23-,28+,29+/m0/s1. The summed E-state index contributed by atoms with van der Waals surface area (Å²) >= 11 is 0. The van der Waals surface area contributed by atoms with Gasteiger partial charge in [-0.05, 0) is 68.1 Å². The van der Waals surface area contributed by atoms with E-state index in [1.165, 1.54) is 18.9 Å². The Kier molecular flexibility index (Phi) is 7.19. The minimum absolute atomic E-state index is 0.0117. The number of aliphatic imine (C=N–C) groups is 1. The molecule has 2 fully saturated rings. The van der Waals surface area contributed by atoms with Crippen LogP contribution in [-0.4, -0.2) is 57.7 Å². The molecule has 36 heavy (non-hydrogen) atoms. The van der Waals surface area contributed by atoms with Gasteiger partial charge in [0.1, 0.15) is 5.69 Å². The maximum atomic E-state index is 11.9. The summed E-state index contributed by atoms with van der Waals surface area (Å²) in [5.41, 5.74) is 1.83. The number of nitrogens with zero attached hydrogens (tertiary/aromatic N) is 5. The van der Waals surface area contributed by atoms with Crippen LogP contribution >= 0.6 is 0 Å². The molecule has 4 rings (SSSR count). The second kappa shape index (κ2) is 9.62. The fraction of sp³-hybridized carbons (Fsp3) is 0.759. The van der Waals surface area contributed by atoms with Crippen molar-refractivity contribution in [3.63, 3.8) is 0 Å². The molecule has 200 valence electrons. The molecule has 2 saturated carbocycles. The number of anilines is 1. The molecule has 0 spiro atoms. The van der Waals surface area contributed by atoms with Crippen LogP contribution in [0.15, 0.2) is 23.0 Å². The zero-order valence-electron chi connectivity index (χ0n) is 23.8. The summed E-state index contributed by atoms with van der Waals surface area (Å²) in [6.45, 7) is 14.5. The van der Waals surface area contributed by atoms with Gasteiger partial charge in [0.15, 0.2) is 11.7 Å². The van der Waals surface area contributed by atoms with Gasteiger partial charge < -0.3 is 19.5 Å². The summed E-state index contributed by atoms with van der Waals surface area (Å²) in [4.78, 5) is 24.8. The first-order valence-electron chi connectivity index (χ1n) is 13.7. The number of carbonyl (C=O) groups is 1. The number of hydrogen-bond donors (Lipinski definition) is 1. The monoisotopic (exact) mass is 497 g/mol. The van der Waals surface area contributed by atoms with Crippen molar-refractivity contribution in [3.05, 3.63) is 23.7 Å². The minimum atomic E-state index is -0.551. The number of amidine groups is 1. The second-order valence-electron chi connectivity index (χ2n) is 12.8. The summed E-state index contributed by atoms with van der Waals surface area (Å²) in [6.07, 6.45) is 11.8. The van der Waals surface area contributed by atoms with E-state index in [4.69, 9.17) is 0 Å². The lowest BCUT2D eigenvalue weighted by atomic mass is 9.45. The second-order valence-corrected chi connectivity index (χ2v) is 12.8. The summed E-state index contributed by atoms with van der Waals surface area (Å²) in [6, 6.07) is 0. The van der Waals surface area contributed by atoms with Crippen molar-refractivity contribution >= 4 is 17.6 Å². The van der Waals surface area contributed by atoms with Crippen molar-refractivity contribution in [2.45, 2.75) is 98.6 Å². The van der Waals surface area contributed by atoms with Gasteiger partial charge in [-0.2, -0.15) is 4.99 Å². The van der Waals surface area contributed by atoms with Crippen LogP contribution in [0.2, 0.25) is 0 Å². The van der Waals surface area contributed by atoms with E-state index in [0.29, 0.717) is 30.9 Å². The highest BCUT2D eigenvalue weighted by atomic mass is 16.3. The number of hydrogen-bond acceptors (Lipinski definition) is 4. The maximum Gasteiger partial charge on any atom is 0.244 e. The molecule has 1 aromatic heterocycles. The fourth-order valence-corrected chi connectivity index (χ4v) is 7.35. The van der Waals surface area contributed by atoms with Crippen molar-refractivity contribution in [2.75, 3.05) is 25.7 Å². The number of carbonyl (C=O) groups excluding carboxylic acids is 1. The van der Waals surface area contributed by atoms with E-state index in [2.05, 4.69) is 60.1 Å². The number of aromatic nitrogens is 2. The molecule has 7 heteroatoms. The quantitative estimate of drug-likeness (QED) is 0.564. The van der Waals surface area contributed by atoms with Gasteiger partial charge in [-0.15, -0.1) is 0 Å². The molecule has 2 aliphatic carbocycles. The smallest absolute Gasteiger partial charge is 0.244 e. The molecule has 4 atom stereocenters. The average molecular weight is 498 g/mol. The molecule has 0 unspecified atom stereocenters. The lowest BCUT2D eigenvalue weighted by molar-refractivity contribution is -0.212. The van der Waals surface area contributed by atoms with Crippen molar-refractivity contribution < 1.29 is 9.90 Å². The Labute approximate surface area is 217 Å². The molecule has 0 bridgehead atoms. The first-order valence-corrected chi connectivity index (χ1v) is 13.7. The Balaban J connectivity index is 1.51. The third-order valence-electron chi connectivity index (χ3n) is 10.1. The maximum absolute atomic E-state index is 11.9. The highest BCUT2D eigenvalue weighted by molar-refractivity contribution is 6.07. The molecule has 1 N–H and O–H groups in total. The Morgan fingerprint density at radius 2 is 1.92 bits per heavy atom. The van der Waals surface area contributed by atoms with Crippen LogP contribution in [-0.2, 0) is 11.3 Å². The summed E-state index contributed by atoms with van der Waals surface area (Å²) in [5, 5.41) is 11.9. The first-order chi connectivity index (χ1) is 16.8. The van der Waals surface area contributed by atoms with Crippen molar-refractivity contribution in [1.82, 2.24) is 14.5 Å². The topological polar surface area (TPSA) is 74.0 Å². The molecule has 1 aliphatic heterocycles. The van der Waals surface area contributed by atoms with Crippen LogP contribution in [0.5, 0.6) is 0 Å². The van der Waals surface area contributed by atoms with Gasteiger partial charge in [0, 0.05) is 27.6 Å². The first kappa shape index (κ1) is 26.9. The normalized spacial score (nSPS) is 33.5. The van der Waals surface area contributed by atoms with E-state index in [9.17, 15) is 9.90 Å². The molecule has 2 heterocycles. The van der Waals surface area contributed by atoms with Crippen LogP contribution in [0.3, 0.4) is 0 Å². The summed E-state index contributed by atoms with van der Waals surface area (Å²) in [7, 11) is 3.97. The molecule has 0 radical (unpaired) electrons. The van der Waals surface area contributed by atoms with E-state index in [0.717, 1.165) is 50.0 Å². The Morgan fingerprint density at radius 3 is 2.61 bits per heavy atom. The Morgan fingerprint density at radius 1 is 1.19 bits per heavy atom. The van der Waals surface area contributed by atoms with E-state index in [1.54, 1.807) is 0 Å². The van der Waals surface area contributed by atoms with Gasteiger partial charge in [-0.1, -0.05) is 45.8 Å². The number of imidazole rings is 1. The summed E-state index contributed by atoms with van der Waals surface area (Å²) < 4.78 is 2.10. The predicted octanol–water partition coefficient (Wildman–Crippen LogP) is 5.24. The lowest BCUT2D eigenvalue weighted by Gasteiger charge is -2.62. The van der Waals surface area contributed by atoms with Gasteiger partial charge in [-0.3, -0.25) is 4.79 Å². The Hall–Kier alpha value is -2.15. The zero-order valence-corrected chi connectivity index (χ0v) is 23.8. The highest BCUT2D eigenvalue weighted by Gasteiger charge is 2.60. The molecule has 1 amide bonds. The molecule has 1 aromatic rings. The molecule has 7 nitrogen and oxygen atoms in total. The number of allylic oxidation sites excluding steroid dienone is 2. The molecule has 3 aliphatic rings. The molecular formula is C29H47N5O2. The van der Waals surface area contributed by atoms with E-state index < -0.39 is 5.60 Å². The van der Waals surface area contributed by atoms with Gasteiger partial charge in [0.05, 0.1) is 18.6 Å². The van der Waals surface area contributed by atoms with Crippen LogP contribution in [0.25, 0.3) is 0 Å². The number of fused-ring (bicyclic) bond motifs is 2. The number of aliphatic hydroxyl groups is 1. The van der Waals surface area contributed by atoms with E-state index >= 15 is 0 Å². The highest BCUT2D eigenvalue weighted by Crippen LogP contribution is 2.62. The lowest BCUT2D eigenvalue weighted by Crippen LogP contribution is -2.62. The van der Waals surface area contributed by atoms with Gasteiger partial charge in [0.2, 0.25) is 5.91 Å². The number of amides is 1. The summed E-state index contributed by atoms with van der Waals surface area (Å²) in [5.74, 6) is 2.32. The van der Waals surface area contributed by atoms with Gasteiger partial charge in [0.25, 0.3) is 0 Å². The van der Waals surface area contributed by atoms with Crippen LogP contribution in [0, 0.1) is 22.7 Å². The largest absolute Gasteiger partial charge is 0.389 e. The van der Waals surface area contributed by atoms with E-state index in [1.807, 2.05) is 25.3 Å². The van der Waals surface area contributed by atoms with Gasteiger partial charge in [-0.25, -0.2) is 4.98 Å². The molecule has 0 saturated heterocycles. The van der Waals surface area contributed by atoms with Gasteiger partial charge >= 0.3 is 0 Å². The fourth-order valence-electron chi connectivity index (χ4n) is 7.35. The van der Waals surface area contributed by atoms with Crippen molar-refractivity contribution in [2.24, 2.45) is 27.7 Å². The van der Waals surface area contributed by atoms with E-state index in [-0.39, 0.29) is 16.7 Å². The van der Waals surface area contributed by atoms with Crippen LogP contribution in [0.4, 0.5) is 5.82 Å². The minimum Gasteiger partial charge on any atom is -0.389 e. The third-order valence-corrected chi connectivity index (χ3v) is 10.1. The SMILES string of the molecule is CC(=O)N=C1c2c(ncn2C/C=C(\C)CC[C@]2(C)[C@@H](C)CC[C@@]3(O)[C@H]2CCCC3(C)C)N(C)CN1C. The Bertz CT molecular complexity index is 1060. The van der Waals surface area contributed by atoms with Crippen LogP contribution < -0.4 is 4.90 Å². The van der Waals surface area contributed by atoms with Crippen molar-refractivity contribution in [3.8, 4) is 0 Å². The zero-order chi connectivity index (χ0) is 26.5.